The van der Waals surface area contributed by atoms with E-state index >= 15 is 0 Å². The van der Waals surface area contributed by atoms with E-state index in [-0.39, 0.29) is 0 Å². The number of hydrogen-bond donors (Lipinski definition) is 0. The van der Waals surface area contributed by atoms with E-state index in [1.54, 1.807) is 97.1 Å². The van der Waals surface area contributed by atoms with Gasteiger partial charge in [0.2, 0.25) is 0 Å². The van der Waals surface area contributed by atoms with Crippen LogP contribution < -0.4 is 0 Å². The number of aromatic nitrogens is 2. The van der Waals surface area contributed by atoms with Gasteiger partial charge in [-0.25, -0.2) is 29.1 Å². The Bertz CT molecular complexity index is 1640. The van der Waals surface area contributed by atoms with Gasteiger partial charge in [-0.1, -0.05) is 48.5 Å². The standard InChI is InChI=1S/C36H28N2O8/c1-43-33(39)25-13-5-21(6-14-25)29-30(22-7-15-26(16-8-22)34(40)44-2)38-32(24-11-19-28(20-12-24)36(42)46-4)31(37-29)23-9-17-27(18-10-23)35(41)45-3/h5-20H,1-4H3. The minimum atomic E-state index is -0.478. The van der Waals surface area contributed by atoms with Crippen molar-refractivity contribution in [1.82, 2.24) is 9.97 Å². The molecule has 0 atom stereocenters. The van der Waals surface area contributed by atoms with E-state index in [9.17, 15) is 19.2 Å². The molecule has 46 heavy (non-hydrogen) atoms. The molecule has 5 rings (SSSR count). The van der Waals surface area contributed by atoms with Crippen LogP contribution in [0.25, 0.3) is 45.0 Å². The minimum absolute atomic E-state index is 0.365. The Balaban J connectivity index is 1.77. The maximum Gasteiger partial charge on any atom is 0.337 e. The molecule has 10 nitrogen and oxygen atoms in total. The molecule has 4 aromatic carbocycles. The third-order valence-corrected chi connectivity index (χ3v) is 7.21. The van der Waals surface area contributed by atoms with Crippen LogP contribution in [0.5, 0.6) is 0 Å². The van der Waals surface area contributed by atoms with Gasteiger partial charge in [0.15, 0.2) is 0 Å². The lowest BCUT2D eigenvalue weighted by atomic mass is 9.97. The second-order valence-electron chi connectivity index (χ2n) is 9.89. The summed E-state index contributed by atoms with van der Waals surface area (Å²) in [6.45, 7) is 0. The highest BCUT2D eigenvalue weighted by Gasteiger charge is 2.21. The maximum absolute atomic E-state index is 12.1. The smallest absolute Gasteiger partial charge is 0.337 e. The summed E-state index contributed by atoms with van der Waals surface area (Å²) >= 11 is 0. The van der Waals surface area contributed by atoms with E-state index in [0.717, 1.165) is 0 Å². The van der Waals surface area contributed by atoms with Crippen molar-refractivity contribution in [3.63, 3.8) is 0 Å². The second kappa shape index (κ2) is 13.6. The number of methoxy groups -OCH3 is 4. The average Bonchev–Trinajstić information content (AvgIpc) is 3.13. The summed E-state index contributed by atoms with van der Waals surface area (Å²) in [5.41, 5.74) is 6.06. The fraction of sp³-hybridized carbons (Fsp3) is 0.111. The average molecular weight is 617 g/mol. The van der Waals surface area contributed by atoms with Gasteiger partial charge in [0.05, 0.1) is 73.5 Å². The van der Waals surface area contributed by atoms with E-state index in [2.05, 4.69) is 0 Å². The molecule has 0 fully saturated rings. The van der Waals surface area contributed by atoms with Crippen molar-refractivity contribution in [2.45, 2.75) is 0 Å². The monoisotopic (exact) mass is 616 g/mol. The van der Waals surface area contributed by atoms with Crippen LogP contribution in [0, 0.1) is 0 Å². The van der Waals surface area contributed by atoms with Crippen molar-refractivity contribution in [2.75, 3.05) is 28.4 Å². The fourth-order valence-electron chi connectivity index (χ4n) is 4.77. The quantitative estimate of drug-likeness (QED) is 0.145. The van der Waals surface area contributed by atoms with E-state index in [0.29, 0.717) is 67.3 Å². The van der Waals surface area contributed by atoms with Gasteiger partial charge in [-0.3, -0.25) is 0 Å². The molecule has 0 aliphatic heterocycles. The zero-order chi connectivity index (χ0) is 32.8. The first-order valence-corrected chi connectivity index (χ1v) is 13.9. The van der Waals surface area contributed by atoms with Crippen LogP contribution in [0.3, 0.4) is 0 Å². The van der Waals surface area contributed by atoms with Crippen molar-refractivity contribution in [2.24, 2.45) is 0 Å². The van der Waals surface area contributed by atoms with Crippen LogP contribution in [-0.4, -0.2) is 62.3 Å². The van der Waals surface area contributed by atoms with Gasteiger partial charge in [0, 0.05) is 22.3 Å². The van der Waals surface area contributed by atoms with Crippen LogP contribution in [0.1, 0.15) is 41.4 Å². The lowest BCUT2D eigenvalue weighted by Crippen LogP contribution is -2.04. The van der Waals surface area contributed by atoms with Gasteiger partial charge < -0.3 is 18.9 Å². The van der Waals surface area contributed by atoms with Crippen molar-refractivity contribution in [3.05, 3.63) is 119 Å². The van der Waals surface area contributed by atoms with Crippen molar-refractivity contribution in [3.8, 4) is 45.0 Å². The van der Waals surface area contributed by atoms with Gasteiger partial charge >= 0.3 is 23.9 Å². The number of ether oxygens (including phenoxy) is 4. The zero-order valence-corrected chi connectivity index (χ0v) is 25.4. The van der Waals surface area contributed by atoms with Gasteiger partial charge in [-0.15, -0.1) is 0 Å². The number of rotatable bonds is 8. The predicted octanol–water partition coefficient (Wildman–Crippen LogP) is 6.29. The molecule has 230 valence electrons. The number of nitrogens with zero attached hydrogens (tertiary/aromatic N) is 2. The third kappa shape index (κ3) is 6.36. The number of carbonyl (C=O) groups excluding carboxylic acids is 4. The molecule has 1 heterocycles. The van der Waals surface area contributed by atoms with Gasteiger partial charge in [0.25, 0.3) is 0 Å². The Kier molecular flexibility index (Phi) is 9.28. The maximum atomic E-state index is 12.1. The highest BCUT2D eigenvalue weighted by atomic mass is 16.5. The summed E-state index contributed by atoms with van der Waals surface area (Å²) in [5, 5.41) is 0. The molecule has 0 radical (unpaired) electrons. The molecule has 0 unspecified atom stereocenters. The first-order valence-electron chi connectivity index (χ1n) is 13.9. The first-order chi connectivity index (χ1) is 22.3. The highest BCUT2D eigenvalue weighted by molar-refractivity contribution is 5.94. The summed E-state index contributed by atoms with van der Waals surface area (Å²) < 4.78 is 19.4. The van der Waals surface area contributed by atoms with Crippen molar-refractivity contribution < 1.29 is 38.1 Å². The summed E-state index contributed by atoms with van der Waals surface area (Å²) in [5.74, 6) is -1.91. The molecule has 0 aliphatic carbocycles. The molecule has 0 N–H and O–H groups in total. The van der Waals surface area contributed by atoms with E-state index in [1.165, 1.54) is 28.4 Å². The molecular formula is C36H28N2O8. The number of esters is 4. The molecule has 0 saturated carbocycles. The Morgan fingerprint density at radius 3 is 0.674 bits per heavy atom. The van der Waals surface area contributed by atoms with Crippen LogP contribution in [0.15, 0.2) is 97.1 Å². The van der Waals surface area contributed by atoms with Crippen LogP contribution >= 0.6 is 0 Å². The van der Waals surface area contributed by atoms with Gasteiger partial charge in [0.1, 0.15) is 0 Å². The molecule has 0 spiro atoms. The molecule has 5 aromatic rings. The molecule has 0 bridgehead atoms. The van der Waals surface area contributed by atoms with Crippen molar-refractivity contribution >= 4 is 23.9 Å². The Morgan fingerprint density at radius 2 is 0.522 bits per heavy atom. The number of benzene rings is 4. The molecular weight excluding hydrogens is 588 g/mol. The normalized spacial score (nSPS) is 10.5. The van der Waals surface area contributed by atoms with Gasteiger partial charge in [-0.05, 0) is 48.5 Å². The Hall–Kier alpha value is -6.16. The van der Waals surface area contributed by atoms with E-state index in [4.69, 9.17) is 28.9 Å². The zero-order valence-electron chi connectivity index (χ0n) is 25.4. The van der Waals surface area contributed by atoms with Crippen molar-refractivity contribution in [1.29, 1.82) is 0 Å². The number of carbonyl (C=O) groups is 4. The lowest BCUT2D eigenvalue weighted by Gasteiger charge is -2.17. The largest absolute Gasteiger partial charge is 0.465 e. The lowest BCUT2D eigenvalue weighted by molar-refractivity contribution is 0.0592. The minimum Gasteiger partial charge on any atom is -0.465 e. The van der Waals surface area contributed by atoms with Crippen LogP contribution in [0.4, 0.5) is 0 Å². The first kappa shape index (κ1) is 31.3. The molecule has 0 amide bonds. The second-order valence-corrected chi connectivity index (χ2v) is 9.89. The predicted molar refractivity (Wildman–Crippen MR) is 169 cm³/mol. The molecule has 0 aliphatic rings. The van der Waals surface area contributed by atoms with Crippen LogP contribution in [-0.2, 0) is 18.9 Å². The number of hydrogen-bond acceptors (Lipinski definition) is 10. The molecule has 10 heteroatoms. The molecule has 0 saturated heterocycles. The summed E-state index contributed by atoms with van der Waals surface area (Å²) in [6.07, 6.45) is 0. The SMILES string of the molecule is COC(=O)c1ccc(-c2nc(-c3ccc(C(=O)OC)cc3)c(-c3ccc(C(=O)OC)cc3)nc2-c2ccc(C(=O)OC)cc2)cc1. The van der Waals surface area contributed by atoms with E-state index in [1.807, 2.05) is 0 Å². The highest BCUT2D eigenvalue weighted by Crippen LogP contribution is 2.37. The fourth-order valence-corrected chi connectivity index (χ4v) is 4.77. The van der Waals surface area contributed by atoms with Crippen LogP contribution in [0.2, 0.25) is 0 Å². The summed E-state index contributed by atoms with van der Waals surface area (Å²) in [7, 11) is 5.25. The van der Waals surface area contributed by atoms with Gasteiger partial charge in [-0.2, -0.15) is 0 Å². The third-order valence-electron chi connectivity index (χ3n) is 7.21. The summed E-state index contributed by atoms with van der Waals surface area (Å²) in [4.78, 5) is 58.8. The Morgan fingerprint density at radius 1 is 0.348 bits per heavy atom. The molecule has 1 aromatic heterocycles. The Labute approximate surface area is 264 Å². The summed E-state index contributed by atoms with van der Waals surface area (Å²) in [6, 6.07) is 27.1. The topological polar surface area (TPSA) is 131 Å². The van der Waals surface area contributed by atoms with E-state index < -0.39 is 23.9 Å².